The van der Waals surface area contributed by atoms with E-state index in [2.05, 4.69) is 22.1 Å². The third-order valence-electron chi connectivity index (χ3n) is 5.68. The number of aromatic nitrogens is 1. The molecule has 3 rings (SSSR count). The van der Waals surface area contributed by atoms with E-state index in [-0.39, 0.29) is 24.1 Å². The minimum absolute atomic E-state index is 0.104. The highest BCUT2D eigenvalue weighted by Crippen LogP contribution is 2.32. The lowest BCUT2D eigenvalue weighted by molar-refractivity contribution is -0.120. The van der Waals surface area contributed by atoms with Crippen molar-refractivity contribution in [3.63, 3.8) is 0 Å². The molecule has 6 heteroatoms. The fourth-order valence-electron chi connectivity index (χ4n) is 4.23. The Bertz CT molecular complexity index is 852. The first-order valence-corrected chi connectivity index (χ1v) is 10.4. The van der Waals surface area contributed by atoms with Crippen LogP contribution in [-0.2, 0) is 11.2 Å². The summed E-state index contributed by atoms with van der Waals surface area (Å²) in [7, 11) is 0. The maximum absolute atomic E-state index is 12.9. The summed E-state index contributed by atoms with van der Waals surface area (Å²) in [6.07, 6.45) is 6.35. The number of amides is 2. The van der Waals surface area contributed by atoms with Gasteiger partial charge in [0, 0.05) is 30.5 Å². The van der Waals surface area contributed by atoms with Gasteiger partial charge in [-0.15, -0.1) is 0 Å². The molecule has 2 amide bonds. The van der Waals surface area contributed by atoms with E-state index in [1.54, 1.807) is 12.1 Å². The minimum Gasteiger partial charge on any atom is -0.354 e. The maximum Gasteiger partial charge on any atom is 0.253 e. The Morgan fingerprint density at radius 3 is 2.38 bits per heavy atom. The number of aryl methyl sites for hydroxylation is 1. The van der Waals surface area contributed by atoms with E-state index in [1.807, 2.05) is 13.0 Å². The number of benzene rings is 1. The van der Waals surface area contributed by atoms with E-state index in [1.165, 1.54) is 44.2 Å². The molecule has 1 saturated carbocycles. The van der Waals surface area contributed by atoms with Crippen molar-refractivity contribution in [2.75, 3.05) is 13.1 Å². The molecule has 1 heterocycles. The first kappa shape index (κ1) is 21.1. The first-order chi connectivity index (χ1) is 14.0. The Balaban J connectivity index is 1.47. The van der Waals surface area contributed by atoms with Gasteiger partial charge in [-0.2, -0.15) is 0 Å². The van der Waals surface area contributed by atoms with Gasteiger partial charge in [0.15, 0.2) is 0 Å². The predicted molar refractivity (Wildman–Crippen MR) is 111 cm³/mol. The van der Waals surface area contributed by atoms with Crippen molar-refractivity contribution in [2.45, 2.75) is 58.4 Å². The quantitative estimate of drug-likeness (QED) is 0.695. The minimum atomic E-state index is -0.320. The molecule has 1 aliphatic carbocycles. The van der Waals surface area contributed by atoms with E-state index in [0.717, 1.165) is 17.0 Å². The van der Waals surface area contributed by atoms with Gasteiger partial charge in [0.05, 0.1) is 12.0 Å². The summed E-state index contributed by atoms with van der Waals surface area (Å²) < 4.78 is 15.2. The van der Waals surface area contributed by atoms with Crippen molar-refractivity contribution in [3.8, 4) is 0 Å². The molecule has 1 fully saturated rings. The number of hydrogen-bond acceptors (Lipinski definition) is 2. The second-order valence-electron chi connectivity index (χ2n) is 7.86. The largest absolute Gasteiger partial charge is 0.354 e. The Hall–Kier alpha value is -2.63. The van der Waals surface area contributed by atoms with E-state index in [9.17, 15) is 14.0 Å². The normalized spacial score (nSPS) is 14.6. The lowest BCUT2D eigenvalue weighted by Gasteiger charge is -2.26. The molecule has 5 nitrogen and oxygen atoms in total. The van der Waals surface area contributed by atoms with E-state index in [0.29, 0.717) is 24.7 Å². The van der Waals surface area contributed by atoms with Crippen LogP contribution in [0.2, 0.25) is 0 Å². The Morgan fingerprint density at radius 2 is 1.69 bits per heavy atom. The highest BCUT2D eigenvalue weighted by atomic mass is 19.1. The molecule has 0 bridgehead atoms. The Morgan fingerprint density at radius 1 is 1.03 bits per heavy atom. The number of halogens is 1. The molecule has 1 aromatic carbocycles. The highest BCUT2D eigenvalue weighted by Gasteiger charge is 2.22. The molecule has 2 N–H and O–H groups in total. The van der Waals surface area contributed by atoms with Crippen molar-refractivity contribution < 1.29 is 14.0 Å². The summed E-state index contributed by atoms with van der Waals surface area (Å²) >= 11 is 0. The summed E-state index contributed by atoms with van der Waals surface area (Å²) in [6.45, 7) is 4.79. The first-order valence-electron chi connectivity index (χ1n) is 10.4. The van der Waals surface area contributed by atoms with Crippen LogP contribution in [0, 0.1) is 19.7 Å². The standard InChI is InChI=1S/C23H30FN3O2/c1-16-14-21(17(2)27(16)20-6-4-3-5-7-20)23(29)26-13-12-25-22(28)15-18-8-10-19(24)11-9-18/h8-11,14,20H,3-7,12-13,15H2,1-2H3,(H,25,28)(H,26,29). The number of carbonyl (C=O) groups excluding carboxylic acids is 2. The fourth-order valence-corrected chi connectivity index (χ4v) is 4.23. The molecule has 0 saturated heterocycles. The van der Waals surface area contributed by atoms with Gasteiger partial charge in [-0.05, 0) is 50.5 Å². The molecule has 0 unspecified atom stereocenters. The summed E-state index contributed by atoms with van der Waals surface area (Å²) in [5.41, 5.74) is 3.62. The SMILES string of the molecule is Cc1cc(C(=O)NCCNC(=O)Cc2ccc(F)cc2)c(C)n1C1CCCCC1. The molecule has 156 valence electrons. The van der Waals surface area contributed by atoms with Crippen LogP contribution in [0.5, 0.6) is 0 Å². The zero-order chi connectivity index (χ0) is 20.8. The average Bonchev–Trinajstić information content (AvgIpc) is 3.01. The second-order valence-corrected chi connectivity index (χ2v) is 7.86. The van der Waals surface area contributed by atoms with Crippen LogP contribution in [0.15, 0.2) is 30.3 Å². The number of nitrogens with zero attached hydrogens (tertiary/aromatic N) is 1. The molecule has 1 aliphatic rings. The van der Waals surface area contributed by atoms with Crippen molar-refractivity contribution in [2.24, 2.45) is 0 Å². The molecule has 2 aromatic rings. The molecular weight excluding hydrogens is 369 g/mol. The van der Waals surface area contributed by atoms with Gasteiger partial charge in [-0.25, -0.2) is 4.39 Å². The van der Waals surface area contributed by atoms with Gasteiger partial charge in [0.25, 0.3) is 5.91 Å². The van der Waals surface area contributed by atoms with Crippen molar-refractivity contribution in [3.05, 3.63) is 58.7 Å². The lowest BCUT2D eigenvalue weighted by atomic mass is 9.95. The summed E-state index contributed by atoms with van der Waals surface area (Å²) in [5.74, 6) is -0.575. The van der Waals surface area contributed by atoms with Crippen LogP contribution in [0.25, 0.3) is 0 Å². The fraction of sp³-hybridized carbons (Fsp3) is 0.478. The summed E-state index contributed by atoms with van der Waals surface area (Å²) in [5, 5.41) is 5.68. The highest BCUT2D eigenvalue weighted by molar-refractivity contribution is 5.95. The van der Waals surface area contributed by atoms with Gasteiger partial charge in [0.2, 0.25) is 5.91 Å². The smallest absolute Gasteiger partial charge is 0.253 e. The number of nitrogens with one attached hydrogen (secondary N) is 2. The van der Waals surface area contributed by atoms with Crippen LogP contribution in [-0.4, -0.2) is 29.5 Å². The third kappa shape index (κ3) is 5.46. The van der Waals surface area contributed by atoms with E-state index >= 15 is 0 Å². The van der Waals surface area contributed by atoms with Crippen LogP contribution in [0.1, 0.15) is 65.5 Å². The molecule has 29 heavy (non-hydrogen) atoms. The second kappa shape index (κ2) is 9.72. The Labute approximate surface area is 171 Å². The summed E-state index contributed by atoms with van der Waals surface area (Å²) in [6, 6.07) is 8.33. The zero-order valence-electron chi connectivity index (χ0n) is 17.3. The van der Waals surface area contributed by atoms with Gasteiger partial charge >= 0.3 is 0 Å². The predicted octanol–water partition coefficient (Wildman–Crippen LogP) is 3.84. The molecule has 0 spiro atoms. The Kier molecular flexibility index (Phi) is 7.07. The van der Waals surface area contributed by atoms with E-state index in [4.69, 9.17) is 0 Å². The van der Waals surface area contributed by atoms with Crippen LogP contribution >= 0.6 is 0 Å². The topological polar surface area (TPSA) is 63.1 Å². The van der Waals surface area contributed by atoms with Crippen LogP contribution in [0.3, 0.4) is 0 Å². The molecule has 0 aliphatic heterocycles. The summed E-state index contributed by atoms with van der Waals surface area (Å²) in [4.78, 5) is 24.6. The van der Waals surface area contributed by atoms with Gasteiger partial charge in [0.1, 0.15) is 5.82 Å². The maximum atomic E-state index is 12.9. The molecule has 1 aromatic heterocycles. The number of hydrogen-bond donors (Lipinski definition) is 2. The molecule has 0 atom stereocenters. The van der Waals surface area contributed by atoms with Crippen molar-refractivity contribution in [1.29, 1.82) is 0 Å². The monoisotopic (exact) mass is 399 g/mol. The molecular formula is C23H30FN3O2. The number of carbonyl (C=O) groups is 2. The van der Waals surface area contributed by atoms with Crippen molar-refractivity contribution >= 4 is 11.8 Å². The van der Waals surface area contributed by atoms with Gasteiger partial charge < -0.3 is 15.2 Å². The van der Waals surface area contributed by atoms with Crippen LogP contribution in [0.4, 0.5) is 4.39 Å². The lowest BCUT2D eigenvalue weighted by Crippen LogP contribution is -2.35. The van der Waals surface area contributed by atoms with Gasteiger partial charge in [-0.3, -0.25) is 9.59 Å². The number of rotatable bonds is 7. The molecule has 0 radical (unpaired) electrons. The van der Waals surface area contributed by atoms with Gasteiger partial charge in [-0.1, -0.05) is 31.4 Å². The van der Waals surface area contributed by atoms with E-state index < -0.39 is 0 Å². The zero-order valence-corrected chi connectivity index (χ0v) is 17.3. The van der Waals surface area contributed by atoms with Crippen molar-refractivity contribution in [1.82, 2.24) is 15.2 Å². The van der Waals surface area contributed by atoms with Crippen LogP contribution < -0.4 is 10.6 Å². The third-order valence-corrected chi connectivity index (χ3v) is 5.68. The average molecular weight is 400 g/mol.